The van der Waals surface area contributed by atoms with Crippen molar-refractivity contribution in [2.24, 2.45) is 5.92 Å². The number of anilines is 1. The SMILES string of the molecule is CCC1CCC(Nc2cccc(-c3n[nH]c(C)n3)c2)CC1. The maximum atomic E-state index is 4.40. The molecule has 1 fully saturated rings. The average molecular weight is 284 g/mol. The average Bonchev–Trinajstić information content (AvgIpc) is 2.95. The van der Waals surface area contributed by atoms with Gasteiger partial charge >= 0.3 is 0 Å². The Morgan fingerprint density at radius 3 is 2.71 bits per heavy atom. The predicted octanol–water partition coefficient (Wildman–Crippen LogP) is 4.16. The molecule has 0 radical (unpaired) electrons. The molecular formula is C17H24N4. The van der Waals surface area contributed by atoms with Gasteiger partial charge in [-0.2, -0.15) is 5.10 Å². The Bertz CT molecular complexity index is 582. The number of nitrogens with one attached hydrogen (secondary N) is 2. The van der Waals surface area contributed by atoms with Crippen LogP contribution in [0.3, 0.4) is 0 Å². The van der Waals surface area contributed by atoms with E-state index in [2.05, 4.69) is 51.7 Å². The first-order valence-corrected chi connectivity index (χ1v) is 8.00. The quantitative estimate of drug-likeness (QED) is 0.886. The number of rotatable bonds is 4. The van der Waals surface area contributed by atoms with E-state index in [-0.39, 0.29) is 0 Å². The second-order valence-electron chi connectivity index (χ2n) is 6.10. The Balaban J connectivity index is 1.66. The van der Waals surface area contributed by atoms with Gasteiger partial charge in [-0.25, -0.2) is 4.98 Å². The van der Waals surface area contributed by atoms with Crippen molar-refractivity contribution in [1.29, 1.82) is 0 Å². The third kappa shape index (κ3) is 3.43. The Hall–Kier alpha value is -1.84. The molecule has 112 valence electrons. The highest BCUT2D eigenvalue weighted by molar-refractivity contribution is 5.62. The second kappa shape index (κ2) is 6.29. The summed E-state index contributed by atoms with van der Waals surface area (Å²) in [4.78, 5) is 4.40. The van der Waals surface area contributed by atoms with Gasteiger partial charge in [-0.05, 0) is 50.7 Å². The van der Waals surface area contributed by atoms with Crippen molar-refractivity contribution in [2.45, 2.75) is 52.0 Å². The molecule has 0 amide bonds. The molecule has 1 saturated carbocycles. The lowest BCUT2D eigenvalue weighted by Crippen LogP contribution is -2.25. The first kappa shape index (κ1) is 14.1. The fourth-order valence-electron chi connectivity index (χ4n) is 3.17. The molecule has 1 heterocycles. The third-order valence-electron chi connectivity index (χ3n) is 4.51. The van der Waals surface area contributed by atoms with Gasteiger partial charge in [-0.1, -0.05) is 25.5 Å². The highest BCUT2D eigenvalue weighted by Crippen LogP contribution is 2.29. The van der Waals surface area contributed by atoms with E-state index in [0.717, 1.165) is 23.1 Å². The number of aromatic nitrogens is 3. The molecule has 3 rings (SSSR count). The summed E-state index contributed by atoms with van der Waals surface area (Å²) < 4.78 is 0. The molecule has 1 aromatic heterocycles. The van der Waals surface area contributed by atoms with E-state index in [9.17, 15) is 0 Å². The van der Waals surface area contributed by atoms with E-state index in [4.69, 9.17) is 0 Å². The Kier molecular flexibility index (Phi) is 4.23. The van der Waals surface area contributed by atoms with E-state index < -0.39 is 0 Å². The highest BCUT2D eigenvalue weighted by atomic mass is 15.2. The molecule has 2 N–H and O–H groups in total. The molecule has 4 nitrogen and oxygen atoms in total. The smallest absolute Gasteiger partial charge is 0.181 e. The summed E-state index contributed by atoms with van der Waals surface area (Å²) in [6, 6.07) is 9.02. The monoisotopic (exact) mass is 284 g/mol. The van der Waals surface area contributed by atoms with Crippen LogP contribution in [0.1, 0.15) is 44.9 Å². The van der Waals surface area contributed by atoms with Crippen molar-refractivity contribution in [2.75, 3.05) is 5.32 Å². The van der Waals surface area contributed by atoms with Crippen molar-refractivity contribution in [3.05, 3.63) is 30.1 Å². The van der Waals surface area contributed by atoms with Crippen molar-refractivity contribution >= 4 is 5.69 Å². The zero-order valence-corrected chi connectivity index (χ0v) is 12.9. The summed E-state index contributed by atoms with van der Waals surface area (Å²) in [5, 5.41) is 10.8. The van der Waals surface area contributed by atoms with Crippen LogP contribution in [-0.4, -0.2) is 21.2 Å². The maximum Gasteiger partial charge on any atom is 0.181 e. The minimum atomic E-state index is 0.608. The van der Waals surface area contributed by atoms with Crippen LogP contribution in [0.4, 0.5) is 5.69 Å². The van der Waals surface area contributed by atoms with Gasteiger partial charge in [0.25, 0.3) is 0 Å². The number of hydrogen-bond donors (Lipinski definition) is 2. The number of aryl methyl sites for hydroxylation is 1. The van der Waals surface area contributed by atoms with E-state index >= 15 is 0 Å². The molecule has 0 saturated heterocycles. The molecule has 0 bridgehead atoms. The molecule has 2 aromatic rings. The molecule has 0 aliphatic heterocycles. The molecule has 1 aromatic carbocycles. The van der Waals surface area contributed by atoms with Crippen LogP contribution >= 0.6 is 0 Å². The van der Waals surface area contributed by atoms with Crippen LogP contribution in [0, 0.1) is 12.8 Å². The maximum absolute atomic E-state index is 4.40. The topological polar surface area (TPSA) is 53.6 Å². The number of H-pyrrole nitrogens is 1. The van der Waals surface area contributed by atoms with Crippen molar-refractivity contribution < 1.29 is 0 Å². The third-order valence-corrected chi connectivity index (χ3v) is 4.51. The van der Waals surface area contributed by atoms with Crippen LogP contribution in [0.5, 0.6) is 0 Å². The number of hydrogen-bond acceptors (Lipinski definition) is 3. The minimum absolute atomic E-state index is 0.608. The molecular weight excluding hydrogens is 260 g/mol. The fraction of sp³-hybridized carbons (Fsp3) is 0.529. The summed E-state index contributed by atoms with van der Waals surface area (Å²) in [5.74, 6) is 2.55. The molecule has 21 heavy (non-hydrogen) atoms. The van der Waals surface area contributed by atoms with Crippen molar-refractivity contribution in [3.8, 4) is 11.4 Å². The standard InChI is InChI=1S/C17H24N4/c1-3-13-7-9-15(10-8-13)19-16-6-4-5-14(11-16)17-18-12(2)20-21-17/h4-6,11,13,15,19H,3,7-10H2,1-2H3,(H,18,20,21). The fourth-order valence-corrected chi connectivity index (χ4v) is 3.17. The van der Waals surface area contributed by atoms with Crippen molar-refractivity contribution in [1.82, 2.24) is 15.2 Å². The first-order chi connectivity index (χ1) is 10.2. The van der Waals surface area contributed by atoms with Crippen LogP contribution in [-0.2, 0) is 0 Å². The minimum Gasteiger partial charge on any atom is -0.382 e. The van der Waals surface area contributed by atoms with Gasteiger partial charge in [0.15, 0.2) is 5.82 Å². The largest absolute Gasteiger partial charge is 0.382 e. The normalized spacial score (nSPS) is 22.2. The highest BCUT2D eigenvalue weighted by Gasteiger charge is 2.19. The summed E-state index contributed by atoms with van der Waals surface area (Å²) >= 11 is 0. The molecule has 4 heteroatoms. The Morgan fingerprint density at radius 1 is 1.24 bits per heavy atom. The number of benzene rings is 1. The summed E-state index contributed by atoms with van der Waals surface area (Å²) in [6.45, 7) is 4.23. The summed E-state index contributed by atoms with van der Waals surface area (Å²) in [6.07, 6.45) is 6.60. The van der Waals surface area contributed by atoms with E-state index in [1.807, 2.05) is 6.92 Å². The molecule has 0 spiro atoms. The predicted molar refractivity (Wildman–Crippen MR) is 86.2 cm³/mol. The van der Waals surface area contributed by atoms with Gasteiger partial charge < -0.3 is 5.32 Å². The first-order valence-electron chi connectivity index (χ1n) is 8.00. The van der Waals surface area contributed by atoms with Gasteiger partial charge in [-0.3, -0.25) is 5.10 Å². The Morgan fingerprint density at radius 2 is 2.05 bits per heavy atom. The van der Waals surface area contributed by atoms with E-state index in [0.29, 0.717) is 6.04 Å². The van der Waals surface area contributed by atoms with Crippen LogP contribution in [0.25, 0.3) is 11.4 Å². The second-order valence-corrected chi connectivity index (χ2v) is 6.10. The molecule has 1 aliphatic rings. The van der Waals surface area contributed by atoms with Gasteiger partial charge in [0.05, 0.1) is 0 Å². The van der Waals surface area contributed by atoms with Crippen LogP contribution in [0.2, 0.25) is 0 Å². The van der Waals surface area contributed by atoms with Gasteiger partial charge in [-0.15, -0.1) is 0 Å². The summed E-state index contributed by atoms with van der Waals surface area (Å²) in [7, 11) is 0. The van der Waals surface area contributed by atoms with E-state index in [1.54, 1.807) is 0 Å². The van der Waals surface area contributed by atoms with Gasteiger partial charge in [0, 0.05) is 17.3 Å². The molecule has 1 aliphatic carbocycles. The lowest BCUT2D eigenvalue weighted by atomic mass is 9.84. The number of aromatic amines is 1. The summed E-state index contributed by atoms with van der Waals surface area (Å²) in [5.41, 5.74) is 2.24. The van der Waals surface area contributed by atoms with Crippen LogP contribution in [0.15, 0.2) is 24.3 Å². The van der Waals surface area contributed by atoms with Crippen LogP contribution < -0.4 is 5.32 Å². The zero-order valence-electron chi connectivity index (χ0n) is 12.9. The molecule has 0 unspecified atom stereocenters. The molecule has 0 atom stereocenters. The lowest BCUT2D eigenvalue weighted by molar-refractivity contribution is 0.330. The Labute approximate surface area is 126 Å². The number of nitrogens with zero attached hydrogens (tertiary/aromatic N) is 2. The lowest BCUT2D eigenvalue weighted by Gasteiger charge is -2.29. The van der Waals surface area contributed by atoms with E-state index in [1.165, 1.54) is 37.8 Å². The zero-order chi connectivity index (χ0) is 14.7. The van der Waals surface area contributed by atoms with Crippen molar-refractivity contribution in [3.63, 3.8) is 0 Å². The van der Waals surface area contributed by atoms with Gasteiger partial charge in [0.2, 0.25) is 0 Å². The van der Waals surface area contributed by atoms with Gasteiger partial charge in [0.1, 0.15) is 5.82 Å².